The molecule has 0 unspecified atom stereocenters. The maximum Gasteiger partial charge on any atom is 0.150 e. The van der Waals surface area contributed by atoms with E-state index in [2.05, 4.69) is 0 Å². The SMILES string of the molecule is Cc1ccc2oc(-c3cc(F)ccc3C=O)cc2c1. The van der Waals surface area contributed by atoms with Crippen LogP contribution in [0.1, 0.15) is 15.9 Å². The van der Waals surface area contributed by atoms with E-state index in [0.717, 1.165) is 16.5 Å². The predicted molar refractivity (Wildman–Crippen MR) is 71.7 cm³/mol. The molecule has 0 N–H and O–H groups in total. The van der Waals surface area contributed by atoms with Crippen LogP contribution in [0.5, 0.6) is 0 Å². The second kappa shape index (κ2) is 4.35. The zero-order chi connectivity index (χ0) is 13.4. The van der Waals surface area contributed by atoms with E-state index in [-0.39, 0.29) is 0 Å². The van der Waals surface area contributed by atoms with E-state index >= 15 is 0 Å². The highest BCUT2D eigenvalue weighted by Gasteiger charge is 2.11. The Morgan fingerprint density at radius 3 is 2.74 bits per heavy atom. The van der Waals surface area contributed by atoms with Crippen LogP contribution in [-0.4, -0.2) is 6.29 Å². The third kappa shape index (κ3) is 2.03. The summed E-state index contributed by atoms with van der Waals surface area (Å²) in [6, 6.07) is 11.7. The highest BCUT2D eigenvalue weighted by atomic mass is 19.1. The van der Waals surface area contributed by atoms with Crippen molar-refractivity contribution in [1.29, 1.82) is 0 Å². The van der Waals surface area contributed by atoms with Crippen molar-refractivity contribution in [3.8, 4) is 11.3 Å². The van der Waals surface area contributed by atoms with Crippen LogP contribution in [-0.2, 0) is 0 Å². The van der Waals surface area contributed by atoms with Crippen LogP contribution in [0, 0.1) is 12.7 Å². The molecule has 0 fully saturated rings. The van der Waals surface area contributed by atoms with Crippen molar-refractivity contribution in [2.45, 2.75) is 6.92 Å². The summed E-state index contributed by atoms with van der Waals surface area (Å²) in [5.41, 5.74) is 2.73. The second-order valence-corrected chi connectivity index (χ2v) is 4.50. The molecule has 19 heavy (non-hydrogen) atoms. The Labute approximate surface area is 109 Å². The third-order valence-corrected chi connectivity index (χ3v) is 3.08. The van der Waals surface area contributed by atoms with E-state index in [1.807, 2.05) is 31.2 Å². The van der Waals surface area contributed by atoms with Crippen molar-refractivity contribution in [3.05, 3.63) is 59.4 Å². The van der Waals surface area contributed by atoms with E-state index in [1.54, 1.807) is 0 Å². The van der Waals surface area contributed by atoms with Crippen molar-refractivity contribution < 1.29 is 13.6 Å². The molecule has 0 atom stereocenters. The molecule has 0 spiro atoms. The first kappa shape index (κ1) is 11.7. The number of carbonyl (C=O) groups excluding carboxylic acids is 1. The average Bonchev–Trinajstić information content (AvgIpc) is 2.81. The van der Waals surface area contributed by atoms with Gasteiger partial charge in [-0.2, -0.15) is 0 Å². The molecular weight excluding hydrogens is 243 g/mol. The van der Waals surface area contributed by atoms with Crippen LogP contribution in [0.15, 0.2) is 46.9 Å². The summed E-state index contributed by atoms with van der Waals surface area (Å²) >= 11 is 0. The van der Waals surface area contributed by atoms with Crippen LogP contribution < -0.4 is 0 Å². The lowest BCUT2D eigenvalue weighted by Gasteiger charge is -2.00. The van der Waals surface area contributed by atoms with E-state index in [0.29, 0.717) is 23.2 Å². The summed E-state index contributed by atoms with van der Waals surface area (Å²) in [6.45, 7) is 1.99. The number of fused-ring (bicyclic) bond motifs is 1. The van der Waals surface area contributed by atoms with Crippen LogP contribution in [0.3, 0.4) is 0 Å². The number of benzene rings is 2. The van der Waals surface area contributed by atoms with Crippen LogP contribution in [0.4, 0.5) is 4.39 Å². The van der Waals surface area contributed by atoms with Gasteiger partial charge in [0.15, 0.2) is 6.29 Å². The number of rotatable bonds is 2. The zero-order valence-corrected chi connectivity index (χ0v) is 10.3. The Morgan fingerprint density at radius 2 is 1.95 bits per heavy atom. The molecule has 3 aromatic rings. The number of carbonyl (C=O) groups is 1. The molecule has 3 heteroatoms. The molecule has 0 amide bonds. The predicted octanol–water partition coefficient (Wildman–Crippen LogP) is 4.36. The lowest BCUT2D eigenvalue weighted by molar-refractivity contribution is 0.112. The molecule has 0 saturated carbocycles. The summed E-state index contributed by atoms with van der Waals surface area (Å²) in [5.74, 6) is 0.111. The number of aryl methyl sites for hydroxylation is 1. The van der Waals surface area contributed by atoms with Gasteiger partial charge in [-0.25, -0.2) is 4.39 Å². The minimum absolute atomic E-state index is 0.391. The number of hydrogen-bond acceptors (Lipinski definition) is 2. The molecule has 0 aliphatic carbocycles. The maximum absolute atomic E-state index is 13.3. The minimum Gasteiger partial charge on any atom is -0.456 e. The van der Waals surface area contributed by atoms with Gasteiger partial charge >= 0.3 is 0 Å². The van der Waals surface area contributed by atoms with Gasteiger partial charge in [-0.15, -0.1) is 0 Å². The largest absolute Gasteiger partial charge is 0.456 e. The fourth-order valence-corrected chi connectivity index (χ4v) is 2.14. The first-order chi connectivity index (χ1) is 9.17. The monoisotopic (exact) mass is 254 g/mol. The van der Waals surface area contributed by atoms with Crippen molar-refractivity contribution in [2.75, 3.05) is 0 Å². The molecule has 2 aromatic carbocycles. The van der Waals surface area contributed by atoms with E-state index in [1.165, 1.54) is 18.2 Å². The quantitative estimate of drug-likeness (QED) is 0.636. The highest BCUT2D eigenvalue weighted by Crippen LogP contribution is 2.30. The highest BCUT2D eigenvalue weighted by molar-refractivity contribution is 5.90. The number of hydrogen-bond donors (Lipinski definition) is 0. The second-order valence-electron chi connectivity index (χ2n) is 4.50. The lowest BCUT2D eigenvalue weighted by Crippen LogP contribution is -1.87. The molecule has 3 rings (SSSR count). The fraction of sp³-hybridized carbons (Fsp3) is 0.0625. The standard InChI is InChI=1S/C16H11FO2/c1-10-2-5-15-12(6-10)7-16(19-15)14-8-13(17)4-3-11(14)9-18/h2-9H,1H3. The van der Waals surface area contributed by atoms with Gasteiger partial charge in [0.25, 0.3) is 0 Å². The van der Waals surface area contributed by atoms with E-state index in [9.17, 15) is 9.18 Å². The molecule has 0 saturated heterocycles. The average molecular weight is 254 g/mol. The fourth-order valence-electron chi connectivity index (χ4n) is 2.14. The smallest absolute Gasteiger partial charge is 0.150 e. The van der Waals surface area contributed by atoms with E-state index in [4.69, 9.17) is 4.42 Å². The molecule has 94 valence electrons. The Balaban J connectivity index is 2.24. The third-order valence-electron chi connectivity index (χ3n) is 3.08. The number of furan rings is 1. The van der Waals surface area contributed by atoms with Gasteiger partial charge in [-0.1, -0.05) is 11.6 Å². The Kier molecular flexibility index (Phi) is 2.67. The Hall–Kier alpha value is -2.42. The molecule has 1 heterocycles. The van der Waals surface area contributed by atoms with Crippen LogP contribution >= 0.6 is 0 Å². The molecular formula is C16H11FO2. The summed E-state index contributed by atoms with van der Waals surface area (Å²) < 4.78 is 19.0. The zero-order valence-electron chi connectivity index (χ0n) is 10.3. The lowest BCUT2D eigenvalue weighted by atomic mass is 10.1. The Bertz CT molecular complexity index is 772. The van der Waals surface area contributed by atoms with Crippen molar-refractivity contribution in [1.82, 2.24) is 0 Å². The van der Waals surface area contributed by atoms with Crippen LogP contribution in [0.25, 0.3) is 22.3 Å². The van der Waals surface area contributed by atoms with Crippen molar-refractivity contribution in [3.63, 3.8) is 0 Å². The van der Waals surface area contributed by atoms with E-state index < -0.39 is 5.82 Å². The van der Waals surface area contributed by atoms with Gasteiger partial charge in [0.1, 0.15) is 17.2 Å². The van der Waals surface area contributed by atoms with Gasteiger partial charge in [0.2, 0.25) is 0 Å². The Morgan fingerprint density at radius 1 is 1.11 bits per heavy atom. The molecule has 0 radical (unpaired) electrons. The number of aldehydes is 1. The molecule has 2 nitrogen and oxygen atoms in total. The van der Waals surface area contributed by atoms with Crippen molar-refractivity contribution >= 4 is 17.3 Å². The summed E-state index contributed by atoms with van der Waals surface area (Å²) in [5, 5.41) is 0.941. The summed E-state index contributed by atoms with van der Waals surface area (Å²) in [6.07, 6.45) is 0.702. The van der Waals surface area contributed by atoms with Gasteiger partial charge < -0.3 is 4.42 Å². The van der Waals surface area contributed by atoms with Gasteiger partial charge in [-0.3, -0.25) is 4.79 Å². The summed E-state index contributed by atoms with van der Waals surface area (Å²) in [7, 11) is 0. The normalized spacial score (nSPS) is 10.8. The number of halogens is 1. The topological polar surface area (TPSA) is 30.2 Å². The molecule has 0 bridgehead atoms. The van der Waals surface area contributed by atoms with Crippen molar-refractivity contribution in [2.24, 2.45) is 0 Å². The molecule has 1 aromatic heterocycles. The molecule has 0 aliphatic rings. The van der Waals surface area contributed by atoms with Gasteiger partial charge in [0.05, 0.1) is 0 Å². The van der Waals surface area contributed by atoms with Gasteiger partial charge in [-0.05, 0) is 43.3 Å². The minimum atomic E-state index is -0.391. The first-order valence-electron chi connectivity index (χ1n) is 5.93. The first-order valence-corrected chi connectivity index (χ1v) is 5.93. The molecule has 0 aliphatic heterocycles. The van der Waals surface area contributed by atoms with Gasteiger partial charge in [0, 0.05) is 16.5 Å². The van der Waals surface area contributed by atoms with Crippen LogP contribution in [0.2, 0.25) is 0 Å². The summed E-state index contributed by atoms with van der Waals surface area (Å²) in [4.78, 5) is 11.0. The maximum atomic E-state index is 13.3.